The Bertz CT molecular complexity index is 712. The number of amides is 1. The molecule has 1 atom stereocenters. The van der Waals surface area contributed by atoms with Gasteiger partial charge in [0.1, 0.15) is 5.75 Å². The van der Waals surface area contributed by atoms with Crippen LogP contribution in [0.2, 0.25) is 0 Å². The number of nitrogens with one attached hydrogen (secondary N) is 3. The first kappa shape index (κ1) is 17.3. The second-order valence-corrected chi connectivity index (χ2v) is 6.31. The summed E-state index contributed by atoms with van der Waals surface area (Å²) in [5.74, 6) is 1.40. The summed E-state index contributed by atoms with van der Waals surface area (Å²) in [6, 6.07) is 15.2. The van der Waals surface area contributed by atoms with E-state index in [1.54, 1.807) is 7.11 Å². The molecular weight excluding hydrogens is 314 g/mol. The van der Waals surface area contributed by atoms with Gasteiger partial charge < -0.3 is 20.7 Å². The van der Waals surface area contributed by atoms with E-state index in [1.807, 2.05) is 48.5 Å². The van der Waals surface area contributed by atoms with Gasteiger partial charge in [0.05, 0.1) is 18.4 Å². The molecule has 0 aliphatic carbocycles. The summed E-state index contributed by atoms with van der Waals surface area (Å²) in [5.41, 5.74) is 2.32. The van der Waals surface area contributed by atoms with E-state index < -0.39 is 0 Å². The van der Waals surface area contributed by atoms with Gasteiger partial charge in [-0.25, -0.2) is 0 Å². The second kappa shape index (κ2) is 8.53. The maximum atomic E-state index is 12.6. The Hall–Kier alpha value is -2.53. The predicted molar refractivity (Wildman–Crippen MR) is 101 cm³/mol. The smallest absolute Gasteiger partial charge is 0.253 e. The topological polar surface area (TPSA) is 62.4 Å². The van der Waals surface area contributed by atoms with Crippen molar-refractivity contribution < 1.29 is 9.53 Å². The lowest BCUT2D eigenvalue weighted by Gasteiger charge is -2.14. The number of ether oxygens (including phenoxy) is 1. The van der Waals surface area contributed by atoms with E-state index in [1.165, 1.54) is 6.42 Å². The van der Waals surface area contributed by atoms with Crippen LogP contribution in [0, 0.1) is 5.92 Å². The molecule has 0 saturated carbocycles. The van der Waals surface area contributed by atoms with E-state index in [-0.39, 0.29) is 5.91 Å². The standard InChI is InChI=1S/C20H25N3O2/c1-25-17-6-4-5-16(13-17)23-19-8-3-2-7-18(19)20(24)22-12-10-15-9-11-21-14-15/h2-8,13,15,21,23H,9-12,14H2,1H3,(H,22,24). The van der Waals surface area contributed by atoms with Crippen molar-refractivity contribution in [2.45, 2.75) is 12.8 Å². The summed E-state index contributed by atoms with van der Waals surface area (Å²) < 4.78 is 5.25. The zero-order valence-corrected chi connectivity index (χ0v) is 14.5. The third kappa shape index (κ3) is 4.73. The van der Waals surface area contributed by atoms with Gasteiger partial charge in [-0.1, -0.05) is 18.2 Å². The van der Waals surface area contributed by atoms with Crippen LogP contribution in [0.25, 0.3) is 0 Å². The van der Waals surface area contributed by atoms with Crippen molar-refractivity contribution in [2.24, 2.45) is 5.92 Å². The average Bonchev–Trinajstić information content (AvgIpc) is 3.16. The van der Waals surface area contributed by atoms with Gasteiger partial charge in [0.2, 0.25) is 0 Å². The first-order chi connectivity index (χ1) is 12.3. The van der Waals surface area contributed by atoms with E-state index in [0.717, 1.165) is 36.6 Å². The van der Waals surface area contributed by atoms with Crippen LogP contribution in [-0.2, 0) is 0 Å². The van der Waals surface area contributed by atoms with Crippen LogP contribution in [0.15, 0.2) is 48.5 Å². The quantitative estimate of drug-likeness (QED) is 0.725. The summed E-state index contributed by atoms with van der Waals surface area (Å²) in [7, 11) is 1.64. The highest BCUT2D eigenvalue weighted by Gasteiger charge is 2.15. The van der Waals surface area contributed by atoms with Crippen molar-refractivity contribution in [1.82, 2.24) is 10.6 Å². The highest BCUT2D eigenvalue weighted by molar-refractivity contribution is 6.00. The van der Waals surface area contributed by atoms with Crippen LogP contribution in [0.5, 0.6) is 5.75 Å². The largest absolute Gasteiger partial charge is 0.497 e. The third-order valence-corrected chi connectivity index (χ3v) is 4.52. The number of anilines is 2. The van der Waals surface area contributed by atoms with Crippen LogP contribution in [-0.4, -0.2) is 32.7 Å². The number of methoxy groups -OCH3 is 1. The molecule has 0 spiro atoms. The molecule has 1 aliphatic rings. The minimum absolute atomic E-state index is 0.0445. The lowest BCUT2D eigenvalue weighted by molar-refractivity contribution is 0.0952. The van der Waals surface area contributed by atoms with Gasteiger partial charge >= 0.3 is 0 Å². The normalized spacial score (nSPS) is 16.4. The maximum Gasteiger partial charge on any atom is 0.253 e. The Morgan fingerprint density at radius 1 is 1.24 bits per heavy atom. The number of carbonyl (C=O) groups is 1. The molecule has 1 fully saturated rings. The Morgan fingerprint density at radius 3 is 2.92 bits per heavy atom. The summed E-state index contributed by atoms with van der Waals surface area (Å²) in [6.45, 7) is 2.86. The average molecular weight is 339 g/mol. The molecule has 5 nitrogen and oxygen atoms in total. The minimum Gasteiger partial charge on any atom is -0.497 e. The molecule has 1 unspecified atom stereocenters. The Kier molecular flexibility index (Phi) is 5.90. The fraction of sp³-hybridized carbons (Fsp3) is 0.350. The van der Waals surface area contributed by atoms with Crippen LogP contribution < -0.4 is 20.7 Å². The molecule has 0 radical (unpaired) electrons. The molecule has 1 saturated heterocycles. The first-order valence-electron chi connectivity index (χ1n) is 8.75. The fourth-order valence-electron chi connectivity index (χ4n) is 3.09. The Morgan fingerprint density at radius 2 is 2.12 bits per heavy atom. The molecule has 25 heavy (non-hydrogen) atoms. The van der Waals surface area contributed by atoms with E-state index in [2.05, 4.69) is 16.0 Å². The van der Waals surface area contributed by atoms with Gasteiger partial charge in [-0.05, 0) is 56.1 Å². The van der Waals surface area contributed by atoms with Crippen molar-refractivity contribution >= 4 is 17.3 Å². The summed E-state index contributed by atoms with van der Waals surface area (Å²) in [6.07, 6.45) is 2.22. The number of hydrogen-bond acceptors (Lipinski definition) is 4. The summed E-state index contributed by atoms with van der Waals surface area (Å²) >= 11 is 0. The molecule has 2 aromatic carbocycles. The lowest BCUT2D eigenvalue weighted by Crippen LogP contribution is -2.27. The molecular formula is C20H25N3O2. The zero-order chi connectivity index (χ0) is 17.5. The van der Waals surface area contributed by atoms with Gasteiger partial charge in [0.25, 0.3) is 5.91 Å². The third-order valence-electron chi connectivity index (χ3n) is 4.52. The van der Waals surface area contributed by atoms with Gasteiger partial charge in [-0.3, -0.25) is 4.79 Å². The van der Waals surface area contributed by atoms with E-state index >= 15 is 0 Å². The number of rotatable bonds is 7. The number of benzene rings is 2. The van der Waals surface area contributed by atoms with Crippen LogP contribution in [0.4, 0.5) is 11.4 Å². The molecule has 5 heteroatoms. The van der Waals surface area contributed by atoms with Crippen molar-refractivity contribution in [3.63, 3.8) is 0 Å². The van der Waals surface area contributed by atoms with E-state index in [4.69, 9.17) is 4.74 Å². The van der Waals surface area contributed by atoms with E-state index in [0.29, 0.717) is 18.0 Å². The van der Waals surface area contributed by atoms with Crippen LogP contribution in [0.1, 0.15) is 23.2 Å². The summed E-state index contributed by atoms with van der Waals surface area (Å²) in [5, 5.41) is 9.71. The highest BCUT2D eigenvalue weighted by atomic mass is 16.5. The molecule has 2 aromatic rings. The molecule has 1 aliphatic heterocycles. The molecule has 0 aromatic heterocycles. The van der Waals surface area contributed by atoms with Crippen LogP contribution in [0.3, 0.4) is 0 Å². The van der Waals surface area contributed by atoms with Crippen molar-refractivity contribution in [2.75, 3.05) is 32.1 Å². The SMILES string of the molecule is COc1cccc(Nc2ccccc2C(=O)NCCC2CCNC2)c1. The maximum absolute atomic E-state index is 12.6. The van der Waals surface area contributed by atoms with Crippen molar-refractivity contribution in [3.05, 3.63) is 54.1 Å². The number of carbonyl (C=O) groups excluding carboxylic acids is 1. The number of para-hydroxylation sites is 1. The highest BCUT2D eigenvalue weighted by Crippen LogP contribution is 2.24. The van der Waals surface area contributed by atoms with Crippen molar-refractivity contribution in [1.29, 1.82) is 0 Å². The van der Waals surface area contributed by atoms with Gasteiger partial charge in [-0.2, -0.15) is 0 Å². The lowest BCUT2D eigenvalue weighted by atomic mass is 10.1. The van der Waals surface area contributed by atoms with Gasteiger partial charge in [-0.15, -0.1) is 0 Å². The van der Waals surface area contributed by atoms with Gasteiger partial charge in [0.15, 0.2) is 0 Å². The Labute approximate surface area is 148 Å². The van der Waals surface area contributed by atoms with Gasteiger partial charge in [0, 0.05) is 18.3 Å². The van der Waals surface area contributed by atoms with Crippen LogP contribution >= 0.6 is 0 Å². The predicted octanol–water partition coefficient (Wildman–Crippen LogP) is 3.17. The fourth-order valence-corrected chi connectivity index (χ4v) is 3.09. The minimum atomic E-state index is -0.0445. The second-order valence-electron chi connectivity index (χ2n) is 6.31. The molecule has 132 valence electrons. The van der Waals surface area contributed by atoms with E-state index in [9.17, 15) is 4.79 Å². The first-order valence-corrected chi connectivity index (χ1v) is 8.75. The molecule has 3 N–H and O–H groups in total. The molecule has 3 rings (SSSR count). The summed E-state index contributed by atoms with van der Waals surface area (Å²) in [4.78, 5) is 12.6. The molecule has 1 amide bonds. The Balaban J connectivity index is 1.63. The molecule has 0 bridgehead atoms. The number of hydrogen-bond donors (Lipinski definition) is 3. The molecule has 1 heterocycles. The van der Waals surface area contributed by atoms with Crippen molar-refractivity contribution in [3.8, 4) is 5.75 Å². The zero-order valence-electron chi connectivity index (χ0n) is 14.5. The monoisotopic (exact) mass is 339 g/mol.